The number of aliphatic hydroxyl groups excluding tert-OH is 8. The molecule has 27 atom stereocenters. The van der Waals surface area contributed by atoms with Gasteiger partial charge in [0.15, 0.2) is 25.2 Å². The van der Waals surface area contributed by atoms with Gasteiger partial charge in [0.05, 0.1) is 43.4 Å². The second-order valence-corrected chi connectivity index (χ2v) is 26.6. The Morgan fingerprint density at radius 3 is 2.07 bits per heavy atom. The molecule has 26 heteroatoms. The number of esters is 2. The van der Waals surface area contributed by atoms with Crippen molar-refractivity contribution in [1.82, 2.24) is 0 Å². The molecule has 4 aliphatic carbocycles. The van der Waals surface area contributed by atoms with Crippen LogP contribution in [0.5, 0.6) is 0 Å². The van der Waals surface area contributed by atoms with E-state index in [-0.39, 0.29) is 35.7 Å². The van der Waals surface area contributed by atoms with E-state index in [9.17, 15) is 63.4 Å². The number of hydrogen-bond donors (Lipinski definition) is 9. The zero-order chi connectivity index (χ0) is 59.3. The quantitative estimate of drug-likeness (QED) is 0.0581. The van der Waals surface area contributed by atoms with E-state index in [0.29, 0.717) is 51.4 Å². The number of ether oxygens (including phenoxy) is 11. The second kappa shape index (κ2) is 23.4. The Bertz CT molecular complexity index is 2460. The number of cyclic esters (lactones) is 1. The second-order valence-electron chi connectivity index (χ2n) is 25.6. The molecule has 0 unspecified atom stereocenters. The summed E-state index contributed by atoms with van der Waals surface area (Å²) in [7, 11) is -3.92. The Labute approximate surface area is 472 Å². The Kier molecular flexibility index (Phi) is 18.2. The Morgan fingerprint density at radius 1 is 0.765 bits per heavy atom. The summed E-state index contributed by atoms with van der Waals surface area (Å²) in [6.07, 6.45) is -21.4. The highest BCUT2D eigenvalue weighted by molar-refractivity contribution is 7.80. The molecular formula is C55H86O25S. The average molecular weight is 1180 g/mol. The summed E-state index contributed by atoms with van der Waals surface area (Å²) in [6.45, 7) is 15.7. The van der Waals surface area contributed by atoms with Gasteiger partial charge in [-0.05, 0) is 102 Å². The molecule has 0 aromatic rings. The fourth-order valence-electron chi connectivity index (χ4n) is 16.3. The van der Waals surface area contributed by atoms with E-state index in [1.807, 2.05) is 20.8 Å². The third kappa shape index (κ3) is 11.1. The highest BCUT2D eigenvalue weighted by Crippen LogP contribution is 2.77. The van der Waals surface area contributed by atoms with Crippen LogP contribution in [0, 0.1) is 39.4 Å². The smallest absolute Gasteiger partial charge is 0.397 e. The fourth-order valence-corrected chi connectivity index (χ4v) is 16.8. The normalized spacial score (nSPS) is 49.5. The lowest BCUT2D eigenvalue weighted by atomic mass is 9.41. The highest BCUT2D eigenvalue weighted by atomic mass is 32.3. The molecule has 9 aliphatic rings. The third-order valence-electron chi connectivity index (χ3n) is 20.2. The number of hydrogen-bond acceptors (Lipinski definition) is 24. The molecule has 0 aromatic heterocycles. The molecule has 3 saturated carbocycles. The van der Waals surface area contributed by atoms with Gasteiger partial charge in [0, 0.05) is 19.4 Å². The zero-order valence-corrected chi connectivity index (χ0v) is 48.5. The first-order valence-corrected chi connectivity index (χ1v) is 29.7. The van der Waals surface area contributed by atoms with Gasteiger partial charge >= 0.3 is 22.3 Å². The largest absolute Gasteiger partial charge is 0.462 e. The first-order valence-electron chi connectivity index (χ1n) is 28.3. The van der Waals surface area contributed by atoms with E-state index in [4.69, 9.17) is 56.3 Å². The maximum absolute atomic E-state index is 14.7. The van der Waals surface area contributed by atoms with Crippen molar-refractivity contribution in [3.05, 3.63) is 23.3 Å². The molecule has 5 aliphatic heterocycles. The SMILES string of the molecule is CO[C@@H]1[C@@H](O)[C@H](O[C@@H]2[C@@H](O)[C@H](O[C@H]3[C@H](O)[C@@H](O)[C@H](O[C@H]4[C@H](O[C@H]5CC[C@]6(C)[C@@H]7CC[C@]89C(=O)O[C@@](C)(CCC=C(C)C)[C@H]8[C@@H](OC(C)=O)C[C@@]9(C)C7=CC[C@H]6C5(C)C)OC[C@@H](OS(=O)(=O)O)[C@@H]4O)O[C@@H]3C)O[C@H](CO)[C@H]2O)OC[C@H]1O. The van der Waals surface area contributed by atoms with Crippen molar-refractivity contribution in [3.8, 4) is 0 Å². The maximum atomic E-state index is 14.7. The number of fused-ring (bicyclic) bond motifs is 4. The summed E-state index contributed by atoms with van der Waals surface area (Å²) in [5.74, 6) is -0.977. The van der Waals surface area contributed by atoms with E-state index in [2.05, 4.69) is 39.8 Å². The van der Waals surface area contributed by atoms with Gasteiger partial charge in [-0.25, -0.2) is 4.18 Å². The number of allylic oxidation sites excluding steroid dienone is 4. The topological polar surface area (TPSA) is 361 Å². The summed E-state index contributed by atoms with van der Waals surface area (Å²) in [5, 5.41) is 88.8. The molecule has 9 rings (SSSR count). The van der Waals surface area contributed by atoms with Crippen molar-refractivity contribution < 1.29 is 120 Å². The van der Waals surface area contributed by atoms with Crippen molar-refractivity contribution in [2.24, 2.45) is 39.4 Å². The van der Waals surface area contributed by atoms with Crippen molar-refractivity contribution in [2.45, 2.75) is 242 Å². The van der Waals surface area contributed by atoms with Crippen molar-refractivity contribution in [2.75, 3.05) is 26.9 Å². The number of rotatable bonds is 16. The summed E-state index contributed by atoms with van der Waals surface area (Å²) in [4.78, 5) is 27.4. The van der Waals surface area contributed by atoms with E-state index < -0.39 is 174 Å². The van der Waals surface area contributed by atoms with Crippen LogP contribution in [0.15, 0.2) is 23.3 Å². The first kappa shape index (κ1) is 63.1. The van der Waals surface area contributed by atoms with Crippen molar-refractivity contribution >= 4 is 22.3 Å². The van der Waals surface area contributed by atoms with Crippen molar-refractivity contribution in [3.63, 3.8) is 0 Å². The van der Waals surface area contributed by atoms with Crippen molar-refractivity contribution in [1.29, 1.82) is 0 Å². The monoisotopic (exact) mass is 1180 g/mol. The third-order valence-corrected chi connectivity index (χ3v) is 20.6. The van der Waals surface area contributed by atoms with Crippen LogP contribution in [0.1, 0.15) is 114 Å². The van der Waals surface area contributed by atoms with Crippen LogP contribution in [0.2, 0.25) is 0 Å². The van der Waals surface area contributed by atoms with Crippen LogP contribution in [0.25, 0.3) is 0 Å². The van der Waals surface area contributed by atoms with Crippen LogP contribution >= 0.6 is 0 Å². The van der Waals surface area contributed by atoms with Gasteiger partial charge in [-0.2, -0.15) is 8.42 Å². The van der Waals surface area contributed by atoms with Crippen LogP contribution < -0.4 is 0 Å². The molecule has 25 nitrogen and oxygen atoms in total. The summed E-state index contributed by atoms with van der Waals surface area (Å²) in [5.41, 5.74) is -1.05. The molecule has 0 radical (unpaired) electrons. The van der Waals surface area contributed by atoms with Gasteiger partial charge in [0.2, 0.25) is 0 Å². The van der Waals surface area contributed by atoms with Gasteiger partial charge in [-0.15, -0.1) is 0 Å². The Hall–Kier alpha value is -2.39. The van der Waals surface area contributed by atoms with Gasteiger partial charge in [-0.3, -0.25) is 14.1 Å². The number of carbonyl (C=O) groups excluding carboxylic acids is 2. The molecule has 0 bridgehead atoms. The van der Waals surface area contributed by atoms with Gasteiger partial charge < -0.3 is 93.0 Å². The van der Waals surface area contributed by atoms with E-state index >= 15 is 0 Å². The molecule has 9 N–H and O–H groups in total. The molecule has 462 valence electrons. The molecule has 0 aromatic carbocycles. The number of carbonyl (C=O) groups is 2. The summed E-state index contributed by atoms with van der Waals surface area (Å²) in [6, 6.07) is 0. The number of aliphatic hydroxyl groups is 8. The van der Waals surface area contributed by atoms with E-state index in [0.717, 1.165) is 5.57 Å². The van der Waals surface area contributed by atoms with E-state index in [1.165, 1.54) is 26.5 Å². The van der Waals surface area contributed by atoms with Crippen LogP contribution in [0.3, 0.4) is 0 Å². The molecule has 1 spiro atoms. The van der Waals surface area contributed by atoms with E-state index in [1.54, 1.807) is 0 Å². The maximum Gasteiger partial charge on any atom is 0.397 e. The standard InChI is InChI=1S/C55H86O25S/c1-24(2)12-11-17-54(9)45-30(73-26(4)57)20-53(8)28-13-14-33-51(5,6)34(16-18-52(33,7)27(28)15-19-55(45,53)50(65)79-54)75-49-44(36(60)32(23-71-49)80-81(66,67)68)78-47-38(62)37(61)41(25(3)72-47)76-48-40(64)43(35(59)31(21-56)74-48)77-46-39(63)42(69-10)29(58)22-70-46/h12-13,25,27,29-49,56,58-64H,11,14-23H2,1-10H3,(H,66,67,68)/t25-,27-,29-,30+,31-,32-,33+,34+,35-,36+,37-,38-,39-,40-,41-,42+,43+,44-,45-,46+,47+,48+,49+,52-,53+,54+,55-/m1/s1. The molecule has 81 heavy (non-hydrogen) atoms. The molecular weight excluding hydrogens is 1090 g/mol. The minimum absolute atomic E-state index is 0.0185. The highest BCUT2D eigenvalue weighted by Gasteiger charge is 2.79. The van der Waals surface area contributed by atoms with Gasteiger partial charge in [0.25, 0.3) is 0 Å². The summed E-state index contributed by atoms with van der Waals surface area (Å²) >= 11 is 0. The minimum Gasteiger partial charge on any atom is -0.462 e. The lowest BCUT2D eigenvalue weighted by Crippen LogP contribution is -2.66. The Balaban J connectivity index is 0.918. The lowest BCUT2D eigenvalue weighted by Gasteiger charge is -2.64. The minimum atomic E-state index is -5.17. The van der Waals surface area contributed by atoms with Gasteiger partial charge in [-0.1, -0.05) is 51.0 Å². The molecule has 8 fully saturated rings. The first-order chi connectivity index (χ1) is 37.9. The predicted molar refractivity (Wildman–Crippen MR) is 276 cm³/mol. The molecule has 5 heterocycles. The summed E-state index contributed by atoms with van der Waals surface area (Å²) < 4.78 is 104. The zero-order valence-electron chi connectivity index (χ0n) is 47.7. The van der Waals surface area contributed by atoms with Crippen LogP contribution in [-0.2, 0) is 76.3 Å². The number of methoxy groups -OCH3 is 1. The Morgan fingerprint density at radius 2 is 1.42 bits per heavy atom. The molecule has 0 amide bonds. The predicted octanol–water partition coefficient (Wildman–Crippen LogP) is 0.620. The average Bonchev–Trinajstić information content (AvgIpc) is 2.26. The van der Waals surface area contributed by atoms with Gasteiger partial charge in [0.1, 0.15) is 91.1 Å². The lowest BCUT2D eigenvalue weighted by molar-refractivity contribution is -0.386. The van der Waals surface area contributed by atoms with Crippen LogP contribution in [0.4, 0.5) is 0 Å². The fraction of sp³-hybridized carbons (Fsp3) is 0.891. The molecule has 5 saturated heterocycles. The van der Waals surface area contributed by atoms with Crippen LogP contribution in [-0.4, -0.2) is 221 Å².